The van der Waals surface area contributed by atoms with Gasteiger partial charge in [0.2, 0.25) is 0 Å². The first-order valence-corrected chi connectivity index (χ1v) is 6.55. The Kier molecular flexibility index (Phi) is 3.92. The van der Waals surface area contributed by atoms with Crippen molar-refractivity contribution in [2.75, 3.05) is 0 Å². The highest BCUT2D eigenvalue weighted by molar-refractivity contribution is 5.26. The Morgan fingerprint density at radius 3 is 2.72 bits per heavy atom. The van der Waals surface area contributed by atoms with Crippen molar-refractivity contribution < 1.29 is 4.42 Å². The maximum absolute atomic E-state index is 5.40. The molecule has 0 aliphatic heterocycles. The molecule has 0 aromatic carbocycles. The van der Waals surface area contributed by atoms with Gasteiger partial charge in [0.15, 0.2) is 0 Å². The highest BCUT2D eigenvalue weighted by atomic mass is 16.3. The number of hydrogen-bond donors (Lipinski definition) is 1. The average Bonchev–Trinajstić information content (AvgIpc) is 2.95. The summed E-state index contributed by atoms with van der Waals surface area (Å²) >= 11 is 0. The van der Waals surface area contributed by atoms with Crippen LogP contribution in [0.15, 0.2) is 28.9 Å². The quantitative estimate of drug-likeness (QED) is 0.874. The van der Waals surface area contributed by atoms with E-state index in [1.54, 1.807) is 6.26 Å². The molecule has 0 aliphatic rings. The highest BCUT2D eigenvalue weighted by Gasteiger charge is 2.11. The van der Waals surface area contributed by atoms with Gasteiger partial charge in [0, 0.05) is 24.5 Å². The minimum absolute atomic E-state index is 0.240. The van der Waals surface area contributed by atoms with E-state index in [4.69, 9.17) is 4.42 Å². The van der Waals surface area contributed by atoms with E-state index < -0.39 is 0 Å². The third-order valence-electron chi connectivity index (χ3n) is 3.56. The zero-order valence-corrected chi connectivity index (χ0v) is 11.7. The Balaban J connectivity index is 2.02. The first kappa shape index (κ1) is 13.0. The molecule has 0 fully saturated rings. The zero-order valence-electron chi connectivity index (χ0n) is 11.7. The molecule has 18 heavy (non-hydrogen) atoms. The average molecular weight is 246 g/mol. The Labute approximate surface area is 109 Å². The van der Waals surface area contributed by atoms with Crippen LogP contribution in [0.2, 0.25) is 0 Å². The molecule has 2 aromatic rings. The van der Waals surface area contributed by atoms with E-state index in [1.165, 1.54) is 17.0 Å². The van der Waals surface area contributed by atoms with Gasteiger partial charge in [0.1, 0.15) is 5.76 Å². The summed E-state index contributed by atoms with van der Waals surface area (Å²) in [5.74, 6) is 0.985. The molecule has 1 N–H and O–H groups in total. The molecule has 0 saturated carbocycles. The number of nitrogens with zero attached hydrogens (tertiary/aromatic N) is 1. The molecule has 3 nitrogen and oxygen atoms in total. The first-order valence-electron chi connectivity index (χ1n) is 6.55. The lowest BCUT2D eigenvalue weighted by Crippen LogP contribution is -2.18. The van der Waals surface area contributed by atoms with Gasteiger partial charge < -0.3 is 14.3 Å². The van der Waals surface area contributed by atoms with Crippen LogP contribution in [0.25, 0.3) is 0 Å². The molecule has 1 atom stereocenters. The lowest BCUT2D eigenvalue weighted by Gasteiger charge is -2.11. The molecule has 3 heteroatoms. The normalized spacial score (nSPS) is 12.9. The van der Waals surface area contributed by atoms with Crippen LogP contribution in [0.3, 0.4) is 0 Å². The predicted octanol–water partition coefficient (Wildman–Crippen LogP) is 3.57. The highest BCUT2D eigenvalue weighted by Crippen LogP contribution is 2.17. The molecule has 2 rings (SSSR count). The number of hydrogen-bond acceptors (Lipinski definition) is 2. The van der Waals surface area contributed by atoms with E-state index in [2.05, 4.69) is 43.6 Å². The van der Waals surface area contributed by atoms with Gasteiger partial charge in [-0.3, -0.25) is 0 Å². The lowest BCUT2D eigenvalue weighted by molar-refractivity contribution is 0.430. The molecule has 0 unspecified atom stereocenters. The van der Waals surface area contributed by atoms with Gasteiger partial charge in [-0.1, -0.05) is 0 Å². The number of furan rings is 1. The summed E-state index contributed by atoms with van der Waals surface area (Å²) in [5, 5.41) is 3.50. The summed E-state index contributed by atoms with van der Waals surface area (Å²) in [6.45, 7) is 10.6. The third-order valence-corrected chi connectivity index (χ3v) is 3.56. The van der Waals surface area contributed by atoms with E-state index in [9.17, 15) is 0 Å². The van der Waals surface area contributed by atoms with Crippen molar-refractivity contribution in [3.05, 3.63) is 47.2 Å². The van der Waals surface area contributed by atoms with Gasteiger partial charge in [0.05, 0.1) is 12.3 Å². The number of rotatable bonds is 5. The van der Waals surface area contributed by atoms with Crippen LogP contribution in [0, 0.1) is 13.8 Å². The Bertz CT molecular complexity index is 497. The summed E-state index contributed by atoms with van der Waals surface area (Å²) in [5.41, 5.74) is 4.05. The second kappa shape index (κ2) is 5.44. The van der Waals surface area contributed by atoms with Crippen molar-refractivity contribution in [2.24, 2.45) is 0 Å². The van der Waals surface area contributed by atoms with Gasteiger partial charge in [-0.25, -0.2) is 0 Å². The van der Waals surface area contributed by atoms with E-state index >= 15 is 0 Å². The topological polar surface area (TPSA) is 30.1 Å². The maximum Gasteiger partial charge on any atom is 0.120 e. The van der Waals surface area contributed by atoms with E-state index in [1.807, 2.05) is 12.1 Å². The molecule has 98 valence electrons. The SMILES string of the molecule is CCn1c(C)cc(CN[C@H](C)c2ccco2)c1C. The molecule has 0 saturated heterocycles. The molecule has 0 aliphatic carbocycles. The molecule has 0 bridgehead atoms. The minimum atomic E-state index is 0.240. The van der Waals surface area contributed by atoms with Gasteiger partial charge in [0.25, 0.3) is 0 Å². The smallest absolute Gasteiger partial charge is 0.120 e. The fourth-order valence-corrected chi connectivity index (χ4v) is 2.44. The summed E-state index contributed by atoms with van der Waals surface area (Å²) < 4.78 is 7.74. The Morgan fingerprint density at radius 2 is 2.17 bits per heavy atom. The predicted molar refractivity (Wildman–Crippen MR) is 73.5 cm³/mol. The summed E-state index contributed by atoms with van der Waals surface area (Å²) in [6, 6.07) is 6.44. The summed E-state index contributed by atoms with van der Waals surface area (Å²) in [7, 11) is 0. The van der Waals surface area contributed by atoms with E-state index in [0.29, 0.717) is 0 Å². The zero-order chi connectivity index (χ0) is 13.1. The first-order chi connectivity index (χ1) is 8.63. The van der Waals surface area contributed by atoms with Crippen LogP contribution < -0.4 is 5.32 Å². The molecule has 2 aromatic heterocycles. The van der Waals surface area contributed by atoms with E-state index in [0.717, 1.165) is 18.8 Å². The molecule has 0 amide bonds. The molecular weight excluding hydrogens is 224 g/mol. The Hall–Kier alpha value is -1.48. The van der Waals surface area contributed by atoms with Crippen molar-refractivity contribution in [1.82, 2.24) is 9.88 Å². The van der Waals surface area contributed by atoms with Crippen LogP contribution in [-0.2, 0) is 13.1 Å². The fourth-order valence-electron chi connectivity index (χ4n) is 2.44. The largest absolute Gasteiger partial charge is 0.468 e. The molecule has 0 spiro atoms. The van der Waals surface area contributed by atoms with Crippen LogP contribution in [-0.4, -0.2) is 4.57 Å². The van der Waals surface area contributed by atoms with Crippen LogP contribution >= 0.6 is 0 Å². The van der Waals surface area contributed by atoms with E-state index in [-0.39, 0.29) is 6.04 Å². The van der Waals surface area contributed by atoms with Gasteiger partial charge in [-0.05, 0) is 51.5 Å². The summed E-state index contributed by atoms with van der Waals surface area (Å²) in [4.78, 5) is 0. The second-order valence-electron chi connectivity index (χ2n) is 4.76. The monoisotopic (exact) mass is 246 g/mol. The lowest BCUT2D eigenvalue weighted by atomic mass is 10.2. The molecule has 0 radical (unpaired) electrons. The van der Waals surface area contributed by atoms with Crippen LogP contribution in [0.4, 0.5) is 0 Å². The van der Waals surface area contributed by atoms with Gasteiger partial charge in [-0.2, -0.15) is 0 Å². The van der Waals surface area contributed by atoms with Crippen LogP contribution in [0.5, 0.6) is 0 Å². The summed E-state index contributed by atoms with van der Waals surface area (Å²) in [6.07, 6.45) is 1.72. The van der Waals surface area contributed by atoms with Crippen LogP contribution in [0.1, 0.15) is 42.6 Å². The van der Waals surface area contributed by atoms with Crippen molar-refractivity contribution >= 4 is 0 Å². The third kappa shape index (κ3) is 2.51. The van der Waals surface area contributed by atoms with Crippen molar-refractivity contribution in [3.8, 4) is 0 Å². The van der Waals surface area contributed by atoms with Crippen molar-refractivity contribution in [1.29, 1.82) is 0 Å². The van der Waals surface area contributed by atoms with Crippen molar-refractivity contribution in [3.63, 3.8) is 0 Å². The number of aryl methyl sites for hydroxylation is 1. The van der Waals surface area contributed by atoms with Gasteiger partial charge in [-0.15, -0.1) is 0 Å². The van der Waals surface area contributed by atoms with Gasteiger partial charge >= 0.3 is 0 Å². The van der Waals surface area contributed by atoms with Crippen molar-refractivity contribution in [2.45, 2.75) is 46.8 Å². The Morgan fingerprint density at radius 1 is 1.39 bits per heavy atom. The maximum atomic E-state index is 5.40. The number of nitrogens with one attached hydrogen (secondary N) is 1. The standard InChI is InChI=1S/C15H22N2O/c1-5-17-11(2)9-14(13(17)4)10-16-12(3)15-7-6-8-18-15/h6-9,12,16H,5,10H2,1-4H3/t12-/m1/s1. The fraction of sp³-hybridized carbons (Fsp3) is 0.467. The number of aromatic nitrogens is 1. The molecule has 2 heterocycles. The minimum Gasteiger partial charge on any atom is -0.468 e. The second-order valence-corrected chi connectivity index (χ2v) is 4.76. The molecular formula is C15H22N2O.